The number of carbonyl (C=O) groups is 5. The van der Waals surface area contributed by atoms with Crippen LogP contribution in [0.25, 0.3) is 0 Å². The summed E-state index contributed by atoms with van der Waals surface area (Å²) in [6.07, 6.45) is 1.35. The molecular weight excluding hydrogens is 657 g/mol. The zero-order valence-corrected chi connectivity index (χ0v) is 25.8. The van der Waals surface area contributed by atoms with Crippen LogP contribution in [0, 0.1) is 4.91 Å². The number of hydrogen-bond acceptors (Lipinski definition) is 16. The van der Waals surface area contributed by atoms with Crippen molar-refractivity contribution in [1.82, 2.24) is 29.9 Å². The van der Waals surface area contributed by atoms with Gasteiger partial charge in [-0.3, -0.25) is 29.1 Å². The number of pyridine rings is 1. The van der Waals surface area contributed by atoms with Crippen LogP contribution in [0.3, 0.4) is 0 Å². The summed E-state index contributed by atoms with van der Waals surface area (Å²) in [7, 11) is 0. The van der Waals surface area contributed by atoms with Crippen LogP contribution >= 0.6 is 46.8 Å². The fraction of sp³-hybridized carbons (Fsp3) is 0.391. The molecule has 2 aromatic heterocycles. The predicted molar refractivity (Wildman–Crippen MR) is 164 cm³/mol. The molecule has 1 fully saturated rings. The highest BCUT2D eigenvalue weighted by Gasteiger charge is 2.55. The highest BCUT2D eigenvalue weighted by molar-refractivity contribution is 8.06. The molecule has 2 aromatic rings. The van der Waals surface area contributed by atoms with Crippen molar-refractivity contribution in [1.29, 1.82) is 0 Å². The number of aromatic nitrogens is 3. The van der Waals surface area contributed by atoms with Crippen LogP contribution in [0.4, 0.5) is 5.13 Å². The second-order valence-electron chi connectivity index (χ2n) is 9.14. The maximum absolute atomic E-state index is 13.1. The lowest BCUT2D eigenvalue weighted by Crippen LogP contribution is -2.70. The second-order valence-corrected chi connectivity index (χ2v) is 13.3. The monoisotopic (exact) mass is 682 g/mol. The lowest BCUT2D eigenvalue weighted by atomic mass is 10.0. The molecule has 4 rings (SSSR count). The van der Waals surface area contributed by atoms with Gasteiger partial charge in [-0.25, -0.2) is 9.78 Å². The number of nitrogen functional groups attached to an aromatic ring is 1. The number of carboxylic acid groups (broad SMARTS) is 1. The molecule has 9 N–H and O–H groups in total. The number of rotatable bonds is 15. The first kappa shape index (κ1) is 33.1. The summed E-state index contributed by atoms with van der Waals surface area (Å²) in [6.45, 7) is 0.296. The van der Waals surface area contributed by atoms with Gasteiger partial charge in [-0.15, -0.1) is 16.7 Å². The van der Waals surface area contributed by atoms with E-state index < -0.39 is 53.1 Å². The third-order valence-electron chi connectivity index (χ3n) is 6.11. The molecular formula is C23H26N10O7S4. The van der Waals surface area contributed by atoms with Crippen LogP contribution in [0.15, 0.2) is 39.0 Å². The number of carboxylic acids is 1. The topological polar surface area (TPSA) is 279 Å². The molecule has 21 heteroatoms. The quantitative estimate of drug-likeness (QED) is 0.0774. The van der Waals surface area contributed by atoms with Gasteiger partial charge in [0.05, 0.1) is 18.2 Å². The Labute approximate surface area is 266 Å². The smallest absolute Gasteiger partial charge is 0.353 e. The van der Waals surface area contributed by atoms with E-state index in [4.69, 9.17) is 17.2 Å². The number of primary amides is 1. The Morgan fingerprint density at radius 1 is 1.27 bits per heavy atom. The Morgan fingerprint density at radius 3 is 2.70 bits per heavy atom. The summed E-state index contributed by atoms with van der Waals surface area (Å²) < 4.78 is 3.82. The van der Waals surface area contributed by atoms with Crippen molar-refractivity contribution in [2.45, 2.75) is 40.6 Å². The van der Waals surface area contributed by atoms with E-state index in [-0.39, 0.29) is 28.8 Å². The molecule has 4 heterocycles. The molecule has 44 heavy (non-hydrogen) atoms. The molecule has 0 bridgehead atoms. The molecule has 4 atom stereocenters. The molecule has 0 radical (unpaired) electrons. The number of amides is 4. The Balaban J connectivity index is 1.38. The lowest BCUT2D eigenvalue weighted by molar-refractivity contribution is -0.150. The number of nitrogens with two attached hydrogens (primary N) is 3. The minimum Gasteiger partial charge on any atom is -0.477 e. The van der Waals surface area contributed by atoms with Gasteiger partial charge in [0.25, 0.3) is 11.8 Å². The summed E-state index contributed by atoms with van der Waals surface area (Å²) in [6, 6.07) is -0.216. The van der Waals surface area contributed by atoms with Crippen molar-refractivity contribution in [2.24, 2.45) is 16.6 Å². The largest absolute Gasteiger partial charge is 0.477 e. The highest BCUT2D eigenvalue weighted by Crippen LogP contribution is 2.45. The van der Waals surface area contributed by atoms with E-state index in [9.17, 15) is 34.0 Å². The molecule has 2 aliphatic heterocycles. The average Bonchev–Trinajstić information content (AvgIpc) is 3.41. The number of β-lactam (4-membered cyclic amide) rings is 1. The van der Waals surface area contributed by atoms with Gasteiger partial charge < -0.3 is 32.9 Å². The third-order valence-corrected chi connectivity index (χ3v) is 10.3. The van der Waals surface area contributed by atoms with E-state index in [2.05, 4.69) is 30.2 Å². The maximum Gasteiger partial charge on any atom is 0.353 e. The van der Waals surface area contributed by atoms with E-state index in [0.29, 0.717) is 33.5 Å². The number of nitrogens with one attached hydrogen (secondary N) is 2. The van der Waals surface area contributed by atoms with Crippen molar-refractivity contribution in [3.8, 4) is 0 Å². The number of nitroso groups, excluding NO2 is 1. The summed E-state index contributed by atoms with van der Waals surface area (Å²) in [5.74, 6) is -3.02. The van der Waals surface area contributed by atoms with E-state index >= 15 is 0 Å². The number of aliphatic carboxylic acids is 1. The number of hydrogen-bond donors (Lipinski definition) is 6. The van der Waals surface area contributed by atoms with E-state index in [1.807, 2.05) is 0 Å². The van der Waals surface area contributed by atoms with Crippen LogP contribution in [0.5, 0.6) is 0 Å². The number of carbonyl (C=O) groups excluding carboxylic acids is 4. The molecule has 0 saturated carbocycles. The van der Waals surface area contributed by atoms with Crippen LogP contribution in [-0.2, 0) is 29.7 Å². The van der Waals surface area contributed by atoms with Gasteiger partial charge in [0, 0.05) is 51.3 Å². The summed E-state index contributed by atoms with van der Waals surface area (Å²) >= 11 is 4.69. The van der Waals surface area contributed by atoms with Crippen molar-refractivity contribution in [2.75, 3.05) is 23.8 Å². The SMILES string of the molecule is NC(=O)C[C@H](N)C(=O)NCCSCc1ncccc1SC1=C(C(=O)O)N2C(=O)C(NC(=O)C(N=O)c3nsc(N)n3)C2SC1. The zero-order valence-electron chi connectivity index (χ0n) is 22.6. The Morgan fingerprint density at radius 2 is 2.05 bits per heavy atom. The van der Waals surface area contributed by atoms with Gasteiger partial charge in [-0.1, -0.05) is 11.8 Å². The molecule has 0 aromatic carbocycles. The normalized spacial score (nSPS) is 18.9. The predicted octanol–water partition coefficient (Wildman–Crippen LogP) is -0.637. The first-order valence-electron chi connectivity index (χ1n) is 12.7. The fourth-order valence-corrected chi connectivity index (χ4v) is 8.02. The van der Waals surface area contributed by atoms with Crippen LogP contribution < -0.4 is 27.8 Å². The molecule has 3 unspecified atom stereocenters. The number of anilines is 1. The highest BCUT2D eigenvalue weighted by atomic mass is 32.2. The van der Waals surface area contributed by atoms with Crippen LogP contribution in [0.2, 0.25) is 0 Å². The number of nitrogens with zero attached hydrogens (tertiary/aromatic N) is 5. The molecule has 234 valence electrons. The van der Waals surface area contributed by atoms with E-state index in [1.54, 1.807) is 18.3 Å². The third kappa shape index (κ3) is 7.64. The Kier molecular flexibility index (Phi) is 11.1. The van der Waals surface area contributed by atoms with Gasteiger partial charge in [-0.05, 0) is 17.3 Å². The van der Waals surface area contributed by atoms with Crippen LogP contribution in [-0.4, -0.2) is 89.5 Å². The number of thioether (sulfide) groups is 3. The maximum atomic E-state index is 13.1. The molecule has 4 amide bonds. The summed E-state index contributed by atoms with van der Waals surface area (Å²) in [5.41, 5.74) is 16.7. The zero-order chi connectivity index (χ0) is 32.0. The Bertz CT molecular complexity index is 1510. The summed E-state index contributed by atoms with van der Waals surface area (Å²) in [5, 5.41) is 17.2. The molecule has 1 saturated heterocycles. The van der Waals surface area contributed by atoms with Gasteiger partial charge in [0.15, 0.2) is 11.0 Å². The summed E-state index contributed by atoms with van der Waals surface area (Å²) in [4.78, 5) is 82.7. The first-order chi connectivity index (χ1) is 21.0. The van der Waals surface area contributed by atoms with Crippen molar-refractivity contribution >= 4 is 81.5 Å². The second kappa shape index (κ2) is 14.8. The molecule has 2 aliphatic rings. The van der Waals surface area contributed by atoms with E-state index in [0.717, 1.165) is 16.4 Å². The van der Waals surface area contributed by atoms with Gasteiger partial charge in [0.1, 0.15) is 17.1 Å². The van der Waals surface area contributed by atoms with Gasteiger partial charge in [-0.2, -0.15) is 16.1 Å². The molecule has 0 spiro atoms. The Hall–Kier alpha value is -3.79. The number of fused-ring (bicyclic) bond motifs is 1. The van der Waals surface area contributed by atoms with Crippen molar-refractivity contribution in [3.63, 3.8) is 0 Å². The standard InChI is InChI=1S/C23H26N10O7S4/c24-9(6-13(25)34)18(35)28-4-5-41-7-10-11(2-1-3-27-10)43-12-8-42-21-15(20(37)33(21)16(12)22(38)39)29-19(36)14(31-40)17-30-23(26)44-32-17/h1-3,9,14-15,21H,4-8,24H2,(H2,25,34)(H,28,35)(H,29,36)(H,38,39)(H2,26,30,32)/t9-,14?,15?,21?/m0/s1. The minimum absolute atomic E-state index is 0.0410. The fourth-order valence-electron chi connectivity index (χ4n) is 4.09. The van der Waals surface area contributed by atoms with Crippen molar-refractivity contribution in [3.05, 3.63) is 45.4 Å². The van der Waals surface area contributed by atoms with Crippen LogP contribution in [0.1, 0.15) is 24.0 Å². The molecule has 17 nitrogen and oxygen atoms in total. The first-order valence-corrected chi connectivity index (χ1v) is 16.4. The van der Waals surface area contributed by atoms with Gasteiger partial charge in [0.2, 0.25) is 17.9 Å². The average molecular weight is 683 g/mol. The minimum atomic E-state index is -1.61. The van der Waals surface area contributed by atoms with Gasteiger partial charge >= 0.3 is 5.97 Å². The lowest BCUT2D eigenvalue weighted by Gasteiger charge is -2.49. The van der Waals surface area contributed by atoms with E-state index in [1.165, 1.54) is 35.3 Å². The molecule has 0 aliphatic carbocycles. The van der Waals surface area contributed by atoms with Crippen molar-refractivity contribution < 1.29 is 29.1 Å².